The lowest BCUT2D eigenvalue weighted by Gasteiger charge is -2.03. The van der Waals surface area contributed by atoms with Crippen molar-refractivity contribution in [2.24, 2.45) is 0 Å². The molecule has 0 bridgehead atoms. The van der Waals surface area contributed by atoms with E-state index in [1.54, 1.807) is 11.3 Å². The normalized spacial score (nSPS) is 15.0. The third-order valence-electron chi connectivity index (χ3n) is 3.47. The van der Waals surface area contributed by atoms with E-state index in [1.165, 1.54) is 18.4 Å². The Morgan fingerprint density at radius 2 is 1.89 bits per heavy atom. The van der Waals surface area contributed by atoms with Crippen molar-refractivity contribution >= 4 is 33.2 Å². The molecule has 1 saturated carbocycles. The minimum Gasteiger partial charge on any atom is -0.217 e. The molecule has 94 valence electrons. The van der Waals surface area contributed by atoms with Crippen LogP contribution in [0.1, 0.15) is 24.3 Å². The van der Waals surface area contributed by atoms with Crippen molar-refractivity contribution in [1.82, 2.24) is 9.97 Å². The molecule has 0 amide bonds. The molecule has 4 heteroatoms. The van der Waals surface area contributed by atoms with Crippen molar-refractivity contribution < 1.29 is 0 Å². The lowest BCUT2D eigenvalue weighted by molar-refractivity contribution is 1.15. The highest BCUT2D eigenvalue weighted by Crippen LogP contribution is 2.46. The van der Waals surface area contributed by atoms with Crippen LogP contribution in [0.5, 0.6) is 0 Å². The molecule has 0 N–H and O–H groups in total. The first-order chi connectivity index (χ1) is 9.33. The largest absolute Gasteiger partial charge is 0.217 e. The molecule has 2 aromatic heterocycles. The van der Waals surface area contributed by atoms with Gasteiger partial charge in [0.15, 0.2) is 5.82 Å². The number of hydrogen-bond donors (Lipinski definition) is 0. The van der Waals surface area contributed by atoms with E-state index in [9.17, 15) is 0 Å². The summed E-state index contributed by atoms with van der Waals surface area (Å²) in [4.78, 5) is 10.1. The number of thiophene rings is 1. The van der Waals surface area contributed by atoms with Gasteiger partial charge in [0.25, 0.3) is 0 Å². The average Bonchev–Trinajstić information content (AvgIpc) is 3.19. The van der Waals surface area contributed by atoms with Crippen LogP contribution in [0.25, 0.3) is 21.6 Å². The standard InChI is InChI=1S/C15H11ClN2S/c16-13-12-11(9-6-7-9)8-19-15(12)18-14(17-13)10-4-2-1-3-5-10/h1-5,8-9H,6-7H2. The molecule has 2 nitrogen and oxygen atoms in total. The highest BCUT2D eigenvalue weighted by Gasteiger charge is 2.28. The van der Waals surface area contributed by atoms with Gasteiger partial charge in [0, 0.05) is 5.56 Å². The summed E-state index contributed by atoms with van der Waals surface area (Å²) in [5, 5.41) is 3.85. The fraction of sp³-hybridized carbons (Fsp3) is 0.200. The van der Waals surface area contributed by atoms with Gasteiger partial charge in [-0.15, -0.1) is 11.3 Å². The molecule has 0 radical (unpaired) electrons. The molecule has 0 aliphatic heterocycles. The molecule has 1 fully saturated rings. The Labute approximate surface area is 120 Å². The molecule has 19 heavy (non-hydrogen) atoms. The van der Waals surface area contributed by atoms with Crippen LogP contribution in [0.2, 0.25) is 5.15 Å². The van der Waals surface area contributed by atoms with Crippen molar-refractivity contribution in [1.29, 1.82) is 0 Å². The summed E-state index contributed by atoms with van der Waals surface area (Å²) in [5.41, 5.74) is 2.34. The molecule has 0 unspecified atom stereocenters. The minimum atomic E-state index is 0.590. The van der Waals surface area contributed by atoms with E-state index >= 15 is 0 Å². The van der Waals surface area contributed by atoms with Crippen molar-refractivity contribution in [3.63, 3.8) is 0 Å². The zero-order chi connectivity index (χ0) is 12.8. The fourth-order valence-electron chi connectivity index (χ4n) is 2.33. The van der Waals surface area contributed by atoms with Crippen molar-refractivity contribution in [3.05, 3.63) is 46.4 Å². The Kier molecular flexibility index (Phi) is 2.57. The second-order valence-corrected chi connectivity index (χ2v) is 6.07. The van der Waals surface area contributed by atoms with Crippen molar-refractivity contribution in [2.75, 3.05) is 0 Å². The van der Waals surface area contributed by atoms with E-state index in [1.807, 2.05) is 30.3 Å². The first-order valence-electron chi connectivity index (χ1n) is 6.33. The molecule has 0 saturated heterocycles. The Morgan fingerprint density at radius 1 is 1.11 bits per heavy atom. The lowest BCUT2D eigenvalue weighted by atomic mass is 10.1. The van der Waals surface area contributed by atoms with Gasteiger partial charge < -0.3 is 0 Å². The number of benzene rings is 1. The Hall–Kier alpha value is -1.45. The molecule has 1 aliphatic carbocycles. The van der Waals surface area contributed by atoms with E-state index in [-0.39, 0.29) is 0 Å². The van der Waals surface area contributed by atoms with Gasteiger partial charge >= 0.3 is 0 Å². The third kappa shape index (κ3) is 1.94. The highest BCUT2D eigenvalue weighted by atomic mass is 35.5. The summed E-state index contributed by atoms with van der Waals surface area (Å²) in [6.45, 7) is 0. The monoisotopic (exact) mass is 286 g/mol. The van der Waals surface area contributed by atoms with Crippen LogP contribution in [0.3, 0.4) is 0 Å². The average molecular weight is 287 g/mol. The second-order valence-electron chi connectivity index (χ2n) is 4.85. The second kappa shape index (κ2) is 4.29. The van der Waals surface area contributed by atoms with E-state index < -0.39 is 0 Å². The van der Waals surface area contributed by atoms with E-state index in [2.05, 4.69) is 15.3 Å². The predicted octanol–water partition coefficient (Wildman–Crippen LogP) is 4.89. The molecule has 0 spiro atoms. The third-order valence-corrected chi connectivity index (χ3v) is 4.63. The molecule has 1 aliphatic rings. The lowest BCUT2D eigenvalue weighted by Crippen LogP contribution is -1.90. The van der Waals surface area contributed by atoms with E-state index in [4.69, 9.17) is 11.6 Å². The van der Waals surface area contributed by atoms with Crippen LogP contribution in [0, 0.1) is 0 Å². The zero-order valence-electron chi connectivity index (χ0n) is 10.1. The van der Waals surface area contributed by atoms with Gasteiger partial charge in [-0.25, -0.2) is 9.97 Å². The van der Waals surface area contributed by atoms with Crippen LogP contribution in [-0.4, -0.2) is 9.97 Å². The van der Waals surface area contributed by atoms with Crippen molar-refractivity contribution in [3.8, 4) is 11.4 Å². The van der Waals surface area contributed by atoms with Gasteiger partial charge in [0.05, 0.1) is 5.39 Å². The number of nitrogens with zero attached hydrogens (tertiary/aromatic N) is 2. The zero-order valence-corrected chi connectivity index (χ0v) is 11.7. The van der Waals surface area contributed by atoms with Gasteiger partial charge in [-0.1, -0.05) is 41.9 Å². The molecular formula is C15H11ClN2S. The van der Waals surface area contributed by atoms with Crippen LogP contribution in [-0.2, 0) is 0 Å². The molecule has 0 atom stereocenters. The Bertz CT molecular complexity index is 747. The molecule has 2 heterocycles. The molecular weight excluding hydrogens is 276 g/mol. The quantitative estimate of drug-likeness (QED) is 0.627. The number of fused-ring (bicyclic) bond motifs is 1. The summed E-state index contributed by atoms with van der Waals surface area (Å²) >= 11 is 8.06. The van der Waals surface area contributed by atoms with Gasteiger partial charge in [-0.05, 0) is 29.7 Å². The van der Waals surface area contributed by atoms with Crippen LogP contribution in [0.15, 0.2) is 35.7 Å². The Balaban J connectivity index is 1.92. The number of halogens is 1. The summed E-state index contributed by atoms with van der Waals surface area (Å²) in [6, 6.07) is 9.97. The van der Waals surface area contributed by atoms with Crippen LogP contribution in [0.4, 0.5) is 0 Å². The van der Waals surface area contributed by atoms with Gasteiger partial charge in [0.2, 0.25) is 0 Å². The predicted molar refractivity (Wildman–Crippen MR) is 79.8 cm³/mol. The maximum absolute atomic E-state index is 6.39. The first-order valence-corrected chi connectivity index (χ1v) is 7.59. The fourth-order valence-corrected chi connectivity index (χ4v) is 3.69. The van der Waals surface area contributed by atoms with Gasteiger partial charge in [-0.3, -0.25) is 0 Å². The van der Waals surface area contributed by atoms with Crippen LogP contribution < -0.4 is 0 Å². The number of hydrogen-bond acceptors (Lipinski definition) is 3. The van der Waals surface area contributed by atoms with Gasteiger partial charge in [-0.2, -0.15) is 0 Å². The topological polar surface area (TPSA) is 25.8 Å². The Morgan fingerprint density at radius 3 is 2.63 bits per heavy atom. The highest BCUT2D eigenvalue weighted by molar-refractivity contribution is 7.17. The maximum atomic E-state index is 6.39. The van der Waals surface area contributed by atoms with E-state index in [0.29, 0.717) is 16.9 Å². The summed E-state index contributed by atoms with van der Waals surface area (Å²) < 4.78 is 0. The van der Waals surface area contributed by atoms with Gasteiger partial charge in [0.1, 0.15) is 9.98 Å². The molecule has 1 aromatic carbocycles. The van der Waals surface area contributed by atoms with Crippen LogP contribution >= 0.6 is 22.9 Å². The van der Waals surface area contributed by atoms with E-state index in [0.717, 1.165) is 15.8 Å². The number of rotatable bonds is 2. The SMILES string of the molecule is Clc1nc(-c2ccccc2)nc2scc(C3CC3)c12. The molecule has 3 aromatic rings. The number of aromatic nitrogens is 2. The minimum absolute atomic E-state index is 0.590. The first kappa shape index (κ1) is 11.4. The smallest absolute Gasteiger partial charge is 0.162 e. The maximum Gasteiger partial charge on any atom is 0.162 e. The molecule has 4 rings (SSSR count). The van der Waals surface area contributed by atoms with Crippen molar-refractivity contribution in [2.45, 2.75) is 18.8 Å². The summed E-state index contributed by atoms with van der Waals surface area (Å²) in [7, 11) is 0. The summed E-state index contributed by atoms with van der Waals surface area (Å²) in [6.07, 6.45) is 2.53. The summed E-state index contributed by atoms with van der Waals surface area (Å²) in [5.74, 6) is 1.39.